The van der Waals surface area contributed by atoms with Gasteiger partial charge in [0.1, 0.15) is 5.01 Å². The largest absolute Gasteiger partial charge is 0.376 e. The molecule has 0 unspecified atom stereocenters. The summed E-state index contributed by atoms with van der Waals surface area (Å²) in [4.78, 5) is 7.00. The Hall–Kier alpha value is -1.24. The minimum absolute atomic E-state index is 0.343. The van der Waals surface area contributed by atoms with Gasteiger partial charge in [-0.3, -0.25) is 9.58 Å². The van der Waals surface area contributed by atoms with Crippen molar-refractivity contribution in [3.63, 3.8) is 0 Å². The van der Waals surface area contributed by atoms with Crippen molar-refractivity contribution in [3.8, 4) is 0 Å². The quantitative estimate of drug-likeness (QED) is 0.781. The first kappa shape index (κ1) is 15.3. The predicted molar refractivity (Wildman–Crippen MR) is 90.3 cm³/mol. The van der Waals surface area contributed by atoms with Gasteiger partial charge in [-0.15, -0.1) is 11.3 Å². The van der Waals surface area contributed by atoms with E-state index in [2.05, 4.69) is 26.6 Å². The zero-order chi connectivity index (χ0) is 15.6. The van der Waals surface area contributed by atoms with Gasteiger partial charge in [0.15, 0.2) is 0 Å². The van der Waals surface area contributed by atoms with E-state index in [1.165, 1.54) is 23.4 Å². The first-order valence-electron chi connectivity index (χ1n) is 8.49. The molecule has 23 heavy (non-hydrogen) atoms. The zero-order valence-electron chi connectivity index (χ0n) is 13.6. The SMILES string of the molecule is Cn1cc(C[C@H]2[C@H](OCC3CC3)CCN2Cc2nccs2)cn1. The molecule has 0 amide bonds. The van der Waals surface area contributed by atoms with Crippen molar-refractivity contribution in [1.29, 1.82) is 0 Å². The molecule has 124 valence electrons. The fraction of sp³-hybridized carbons (Fsp3) is 0.647. The number of hydrogen-bond acceptors (Lipinski definition) is 5. The van der Waals surface area contributed by atoms with Crippen molar-refractivity contribution in [1.82, 2.24) is 19.7 Å². The van der Waals surface area contributed by atoms with Crippen LogP contribution in [0.3, 0.4) is 0 Å². The van der Waals surface area contributed by atoms with Crippen LogP contribution in [0.4, 0.5) is 0 Å². The molecule has 2 aromatic heterocycles. The Bertz CT molecular complexity index is 622. The lowest BCUT2D eigenvalue weighted by Gasteiger charge is -2.27. The topological polar surface area (TPSA) is 43.2 Å². The number of nitrogens with zero attached hydrogens (tertiary/aromatic N) is 4. The number of aromatic nitrogens is 3. The van der Waals surface area contributed by atoms with Gasteiger partial charge in [0.25, 0.3) is 0 Å². The van der Waals surface area contributed by atoms with E-state index in [0.717, 1.165) is 38.5 Å². The molecule has 2 fully saturated rings. The monoisotopic (exact) mass is 332 g/mol. The van der Waals surface area contributed by atoms with Crippen LogP contribution >= 0.6 is 11.3 Å². The molecule has 1 aliphatic heterocycles. The lowest BCUT2D eigenvalue weighted by atomic mass is 10.0. The minimum atomic E-state index is 0.343. The van der Waals surface area contributed by atoms with Crippen LogP contribution in [0.25, 0.3) is 0 Å². The fourth-order valence-corrected chi connectivity index (χ4v) is 4.05. The number of aryl methyl sites for hydroxylation is 1. The van der Waals surface area contributed by atoms with Gasteiger partial charge in [-0.05, 0) is 37.2 Å². The molecule has 0 bridgehead atoms. The fourth-order valence-electron chi connectivity index (χ4n) is 3.41. The van der Waals surface area contributed by atoms with Gasteiger partial charge in [-0.2, -0.15) is 5.10 Å². The number of rotatable bonds is 7. The second-order valence-corrected chi connectivity index (χ2v) is 7.77. The van der Waals surface area contributed by atoms with Gasteiger partial charge in [-0.25, -0.2) is 4.98 Å². The molecule has 3 heterocycles. The minimum Gasteiger partial charge on any atom is -0.376 e. The van der Waals surface area contributed by atoms with Crippen LogP contribution in [0.2, 0.25) is 0 Å². The number of thiazole rings is 1. The summed E-state index contributed by atoms with van der Waals surface area (Å²) in [6, 6.07) is 0.432. The van der Waals surface area contributed by atoms with Crippen LogP contribution in [-0.4, -0.2) is 45.0 Å². The molecule has 2 aliphatic rings. The molecule has 0 N–H and O–H groups in total. The maximum absolute atomic E-state index is 6.28. The van der Waals surface area contributed by atoms with E-state index < -0.39 is 0 Å². The smallest absolute Gasteiger partial charge is 0.107 e. The Kier molecular flexibility index (Phi) is 4.46. The summed E-state index contributed by atoms with van der Waals surface area (Å²) in [6.07, 6.45) is 11.2. The molecule has 2 aromatic rings. The van der Waals surface area contributed by atoms with Gasteiger partial charge in [0, 0.05) is 44.0 Å². The van der Waals surface area contributed by atoms with E-state index in [1.807, 2.05) is 24.1 Å². The second kappa shape index (κ2) is 6.71. The highest BCUT2D eigenvalue weighted by molar-refractivity contribution is 7.09. The first-order chi connectivity index (χ1) is 11.3. The Balaban J connectivity index is 1.45. The summed E-state index contributed by atoms with van der Waals surface area (Å²) in [5, 5.41) is 7.57. The number of hydrogen-bond donors (Lipinski definition) is 0. The van der Waals surface area contributed by atoms with E-state index in [1.54, 1.807) is 11.3 Å². The highest BCUT2D eigenvalue weighted by Crippen LogP contribution is 2.32. The van der Waals surface area contributed by atoms with E-state index in [4.69, 9.17) is 4.74 Å². The normalized spacial score (nSPS) is 25.3. The molecule has 0 spiro atoms. The Morgan fingerprint density at radius 1 is 1.35 bits per heavy atom. The van der Waals surface area contributed by atoms with Crippen LogP contribution in [0.5, 0.6) is 0 Å². The first-order valence-corrected chi connectivity index (χ1v) is 9.37. The Labute approximate surface area is 141 Å². The Morgan fingerprint density at radius 3 is 2.96 bits per heavy atom. The summed E-state index contributed by atoms with van der Waals surface area (Å²) in [6.45, 7) is 2.98. The van der Waals surface area contributed by atoms with E-state index in [-0.39, 0.29) is 0 Å². The maximum Gasteiger partial charge on any atom is 0.107 e. The summed E-state index contributed by atoms with van der Waals surface area (Å²) in [5.41, 5.74) is 1.29. The molecule has 1 saturated carbocycles. The third-order valence-electron chi connectivity index (χ3n) is 4.87. The van der Waals surface area contributed by atoms with Crippen LogP contribution in [0, 0.1) is 5.92 Å². The molecule has 6 heteroatoms. The molecule has 4 rings (SSSR count). The van der Waals surface area contributed by atoms with Gasteiger partial charge in [0.2, 0.25) is 0 Å². The molecule has 0 aromatic carbocycles. The third kappa shape index (κ3) is 3.82. The standard InChI is InChI=1S/C17H24N4OS/c1-20-10-14(9-19-20)8-15-16(22-12-13-2-3-13)4-6-21(15)11-17-18-5-7-23-17/h5,7,9-10,13,15-16H,2-4,6,8,11-12H2,1H3/t15-,16+/m0/s1. The number of ether oxygens (including phenoxy) is 1. The Morgan fingerprint density at radius 2 is 2.26 bits per heavy atom. The molecule has 5 nitrogen and oxygen atoms in total. The summed E-state index contributed by atoms with van der Waals surface area (Å²) >= 11 is 1.74. The van der Waals surface area contributed by atoms with E-state index in [9.17, 15) is 0 Å². The lowest BCUT2D eigenvalue weighted by molar-refractivity contribution is 0.0196. The average Bonchev–Trinajstić information content (AvgIpc) is 2.92. The van der Waals surface area contributed by atoms with E-state index >= 15 is 0 Å². The predicted octanol–water partition coefficient (Wildman–Crippen LogP) is 2.49. The molecular formula is C17H24N4OS. The maximum atomic E-state index is 6.28. The van der Waals surface area contributed by atoms with Gasteiger partial charge < -0.3 is 4.74 Å². The van der Waals surface area contributed by atoms with E-state index in [0.29, 0.717) is 12.1 Å². The highest BCUT2D eigenvalue weighted by atomic mass is 32.1. The van der Waals surface area contributed by atoms with Crippen molar-refractivity contribution >= 4 is 11.3 Å². The van der Waals surface area contributed by atoms with Crippen molar-refractivity contribution in [2.45, 2.75) is 44.4 Å². The zero-order valence-corrected chi connectivity index (χ0v) is 14.4. The molecule has 1 saturated heterocycles. The van der Waals surface area contributed by atoms with Crippen molar-refractivity contribution in [2.24, 2.45) is 13.0 Å². The highest BCUT2D eigenvalue weighted by Gasteiger charge is 2.36. The van der Waals surface area contributed by atoms with Gasteiger partial charge in [0.05, 0.1) is 18.8 Å². The molecular weight excluding hydrogens is 308 g/mol. The van der Waals surface area contributed by atoms with Gasteiger partial charge in [-0.1, -0.05) is 0 Å². The summed E-state index contributed by atoms with van der Waals surface area (Å²) in [7, 11) is 1.98. The second-order valence-electron chi connectivity index (χ2n) is 6.79. The van der Waals surface area contributed by atoms with Crippen LogP contribution < -0.4 is 0 Å². The molecule has 2 atom stereocenters. The third-order valence-corrected chi connectivity index (χ3v) is 5.63. The number of likely N-dealkylation sites (tertiary alicyclic amines) is 1. The molecule has 0 radical (unpaired) electrons. The summed E-state index contributed by atoms with van der Waals surface area (Å²) in [5.74, 6) is 0.821. The van der Waals surface area contributed by atoms with Crippen LogP contribution in [0.1, 0.15) is 29.8 Å². The van der Waals surface area contributed by atoms with Crippen molar-refractivity contribution in [3.05, 3.63) is 34.5 Å². The van der Waals surface area contributed by atoms with Crippen LogP contribution in [0.15, 0.2) is 24.0 Å². The average molecular weight is 332 g/mol. The summed E-state index contributed by atoms with van der Waals surface area (Å²) < 4.78 is 8.17. The van der Waals surface area contributed by atoms with Crippen molar-refractivity contribution in [2.75, 3.05) is 13.2 Å². The van der Waals surface area contributed by atoms with Gasteiger partial charge >= 0.3 is 0 Å². The van der Waals surface area contributed by atoms with Crippen molar-refractivity contribution < 1.29 is 4.74 Å². The molecule has 1 aliphatic carbocycles. The van der Waals surface area contributed by atoms with Crippen LogP contribution in [-0.2, 0) is 24.8 Å². The lowest BCUT2D eigenvalue weighted by Crippen LogP contribution is -2.38.